The van der Waals surface area contributed by atoms with Crippen molar-refractivity contribution >= 4 is 11.6 Å². The summed E-state index contributed by atoms with van der Waals surface area (Å²) in [6.07, 6.45) is 0. The second kappa shape index (κ2) is 4.92. The molecule has 2 aromatic rings. The van der Waals surface area contributed by atoms with E-state index in [1.54, 1.807) is 0 Å². The summed E-state index contributed by atoms with van der Waals surface area (Å²) < 4.78 is 0. The number of benzene rings is 2. The Balaban J connectivity index is 2.07. The highest BCUT2D eigenvalue weighted by atomic mass is 16.2. The summed E-state index contributed by atoms with van der Waals surface area (Å²) in [6, 6.07) is 16.6. The first-order valence-corrected chi connectivity index (χ1v) is 7.22. The van der Waals surface area contributed by atoms with Gasteiger partial charge in [-0.05, 0) is 38.0 Å². The van der Waals surface area contributed by atoms with Crippen LogP contribution in [0.25, 0.3) is 11.1 Å². The van der Waals surface area contributed by atoms with E-state index in [-0.39, 0.29) is 11.3 Å². The zero-order valence-electron chi connectivity index (χ0n) is 12.7. The van der Waals surface area contributed by atoms with E-state index in [0.29, 0.717) is 6.54 Å². The second-order valence-corrected chi connectivity index (χ2v) is 6.30. The normalized spacial score (nSPS) is 16.9. The van der Waals surface area contributed by atoms with E-state index in [1.807, 2.05) is 37.1 Å². The van der Waals surface area contributed by atoms with Gasteiger partial charge >= 0.3 is 0 Å². The van der Waals surface area contributed by atoms with Crippen molar-refractivity contribution in [2.24, 2.45) is 5.41 Å². The number of aryl methyl sites for hydroxylation is 1. The van der Waals surface area contributed by atoms with Gasteiger partial charge in [-0.25, -0.2) is 0 Å². The van der Waals surface area contributed by atoms with Crippen molar-refractivity contribution in [1.29, 1.82) is 0 Å². The molecule has 1 heterocycles. The molecule has 21 heavy (non-hydrogen) atoms. The Labute approximate surface area is 125 Å². The van der Waals surface area contributed by atoms with Crippen LogP contribution in [0.1, 0.15) is 19.4 Å². The summed E-state index contributed by atoms with van der Waals surface area (Å²) in [4.78, 5) is 12.1. The molecular formula is C18H20N2O. The predicted octanol–water partition coefficient (Wildman–Crippen LogP) is 3.54. The fourth-order valence-electron chi connectivity index (χ4n) is 2.65. The van der Waals surface area contributed by atoms with Gasteiger partial charge in [-0.3, -0.25) is 15.2 Å². The first kappa shape index (κ1) is 13.7. The van der Waals surface area contributed by atoms with E-state index in [0.717, 1.165) is 16.8 Å². The Morgan fingerprint density at radius 3 is 2.43 bits per heavy atom. The van der Waals surface area contributed by atoms with Gasteiger partial charge in [0.2, 0.25) is 5.91 Å². The van der Waals surface area contributed by atoms with Crippen LogP contribution in [-0.4, -0.2) is 12.5 Å². The lowest BCUT2D eigenvalue weighted by Crippen LogP contribution is -2.33. The van der Waals surface area contributed by atoms with Crippen LogP contribution >= 0.6 is 0 Å². The number of rotatable bonds is 2. The molecule has 0 spiro atoms. The number of anilines is 1. The Bertz CT molecular complexity index is 677. The highest BCUT2D eigenvalue weighted by molar-refractivity contribution is 5.90. The zero-order chi connectivity index (χ0) is 15.0. The lowest BCUT2D eigenvalue weighted by atomic mass is 9.94. The van der Waals surface area contributed by atoms with E-state index in [1.165, 1.54) is 5.56 Å². The van der Waals surface area contributed by atoms with Crippen LogP contribution < -0.4 is 10.4 Å². The quantitative estimate of drug-likeness (QED) is 0.912. The molecule has 0 unspecified atom stereocenters. The summed E-state index contributed by atoms with van der Waals surface area (Å²) >= 11 is 0. The molecule has 3 nitrogen and oxygen atoms in total. The van der Waals surface area contributed by atoms with Crippen molar-refractivity contribution in [3.8, 4) is 11.1 Å². The van der Waals surface area contributed by atoms with Gasteiger partial charge in [0.1, 0.15) is 0 Å². The Hall–Kier alpha value is -2.29. The highest BCUT2D eigenvalue weighted by Gasteiger charge is 2.38. The van der Waals surface area contributed by atoms with Crippen LogP contribution in [0.2, 0.25) is 0 Å². The first-order valence-electron chi connectivity index (χ1n) is 7.22. The van der Waals surface area contributed by atoms with Gasteiger partial charge in [0.15, 0.2) is 0 Å². The molecule has 0 aromatic heterocycles. The third-order valence-corrected chi connectivity index (χ3v) is 3.93. The van der Waals surface area contributed by atoms with Crippen LogP contribution in [0.4, 0.5) is 5.69 Å². The number of nitrogens with one attached hydrogen (secondary N) is 1. The molecule has 1 fully saturated rings. The molecule has 1 aliphatic rings. The van der Waals surface area contributed by atoms with Crippen molar-refractivity contribution in [2.75, 3.05) is 11.6 Å². The van der Waals surface area contributed by atoms with E-state index in [4.69, 9.17) is 0 Å². The smallest absolute Gasteiger partial charge is 0.246 e. The predicted molar refractivity (Wildman–Crippen MR) is 85.9 cm³/mol. The third-order valence-electron chi connectivity index (χ3n) is 3.93. The van der Waals surface area contributed by atoms with Crippen molar-refractivity contribution in [2.45, 2.75) is 20.8 Å². The molecule has 3 heteroatoms. The summed E-state index contributed by atoms with van der Waals surface area (Å²) in [6.45, 7) is 6.69. The maximum Gasteiger partial charge on any atom is 0.246 e. The molecular weight excluding hydrogens is 260 g/mol. The lowest BCUT2D eigenvalue weighted by Gasteiger charge is -2.23. The molecule has 0 bridgehead atoms. The van der Waals surface area contributed by atoms with E-state index >= 15 is 0 Å². The Morgan fingerprint density at radius 2 is 1.81 bits per heavy atom. The standard InChI is InChI=1S/C18H20N2O/c1-13-9-10-15(14-7-5-4-6-8-14)16(11-13)20-12-18(2,3)17(21)19-20/h4-11H,12H2,1-3H3,(H,19,21). The van der Waals surface area contributed by atoms with Gasteiger partial charge in [-0.2, -0.15) is 0 Å². The molecule has 108 valence electrons. The summed E-state index contributed by atoms with van der Waals surface area (Å²) in [7, 11) is 0. The van der Waals surface area contributed by atoms with Crippen LogP contribution in [0, 0.1) is 12.3 Å². The monoisotopic (exact) mass is 280 g/mol. The second-order valence-electron chi connectivity index (χ2n) is 6.30. The molecule has 2 aromatic carbocycles. The first-order chi connectivity index (χ1) is 9.97. The summed E-state index contributed by atoms with van der Waals surface area (Å²) in [5.74, 6) is 0.0722. The minimum absolute atomic E-state index is 0.0722. The van der Waals surface area contributed by atoms with Crippen molar-refractivity contribution < 1.29 is 4.79 Å². The Kier molecular flexibility index (Phi) is 3.20. The van der Waals surface area contributed by atoms with Crippen molar-refractivity contribution in [3.05, 3.63) is 54.1 Å². The molecule has 3 rings (SSSR count). The Morgan fingerprint density at radius 1 is 1.10 bits per heavy atom. The zero-order valence-corrected chi connectivity index (χ0v) is 12.7. The van der Waals surface area contributed by atoms with Gasteiger partial charge in [-0.1, -0.05) is 42.5 Å². The minimum Gasteiger partial charge on any atom is -0.284 e. The van der Waals surface area contributed by atoms with Crippen LogP contribution in [0.3, 0.4) is 0 Å². The minimum atomic E-state index is -0.363. The molecule has 1 saturated heterocycles. The number of carbonyl (C=O) groups excluding carboxylic acids is 1. The number of amides is 1. The third kappa shape index (κ3) is 2.51. The maximum absolute atomic E-state index is 12.1. The molecule has 1 amide bonds. The van der Waals surface area contributed by atoms with Crippen LogP contribution in [0.15, 0.2) is 48.5 Å². The number of hydrazine groups is 1. The number of hydrogen-bond donors (Lipinski definition) is 1. The summed E-state index contributed by atoms with van der Waals surface area (Å²) in [5.41, 5.74) is 7.17. The number of carbonyl (C=O) groups is 1. The topological polar surface area (TPSA) is 32.3 Å². The van der Waals surface area contributed by atoms with E-state index in [9.17, 15) is 4.79 Å². The highest BCUT2D eigenvalue weighted by Crippen LogP contribution is 2.35. The molecule has 0 atom stereocenters. The molecule has 1 N–H and O–H groups in total. The largest absolute Gasteiger partial charge is 0.284 e. The molecule has 0 radical (unpaired) electrons. The number of nitrogens with zero attached hydrogens (tertiary/aromatic N) is 1. The van der Waals surface area contributed by atoms with Crippen molar-refractivity contribution in [1.82, 2.24) is 5.43 Å². The van der Waals surface area contributed by atoms with Gasteiger partial charge in [0.25, 0.3) is 0 Å². The fourth-order valence-corrected chi connectivity index (χ4v) is 2.65. The molecule has 0 aliphatic carbocycles. The average Bonchev–Trinajstić information content (AvgIpc) is 2.74. The van der Waals surface area contributed by atoms with E-state index < -0.39 is 0 Å². The maximum atomic E-state index is 12.1. The van der Waals surface area contributed by atoms with Gasteiger partial charge in [0.05, 0.1) is 17.6 Å². The fraction of sp³-hybridized carbons (Fsp3) is 0.278. The van der Waals surface area contributed by atoms with Gasteiger partial charge in [-0.15, -0.1) is 0 Å². The van der Waals surface area contributed by atoms with Gasteiger partial charge in [0, 0.05) is 5.56 Å². The number of hydrogen-bond acceptors (Lipinski definition) is 2. The van der Waals surface area contributed by atoms with Gasteiger partial charge < -0.3 is 0 Å². The summed E-state index contributed by atoms with van der Waals surface area (Å²) in [5, 5.41) is 1.97. The van der Waals surface area contributed by atoms with Crippen molar-refractivity contribution in [3.63, 3.8) is 0 Å². The average molecular weight is 280 g/mol. The molecule has 0 saturated carbocycles. The SMILES string of the molecule is Cc1ccc(-c2ccccc2)c(N2CC(C)(C)C(=O)N2)c1. The van der Waals surface area contributed by atoms with Crippen LogP contribution in [0.5, 0.6) is 0 Å². The lowest BCUT2D eigenvalue weighted by molar-refractivity contribution is -0.125. The van der Waals surface area contributed by atoms with Crippen LogP contribution in [-0.2, 0) is 4.79 Å². The molecule has 1 aliphatic heterocycles. The van der Waals surface area contributed by atoms with E-state index in [2.05, 4.69) is 42.7 Å².